The number of aryl methyl sites for hydroxylation is 2. The molecule has 1 aliphatic heterocycles. The average Bonchev–Trinajstić information content (AvgIpc) is 3.62. The van der Waals surface area contributed by atoms with E-state index in [4.69, 9.17) is 0 Å². The maximum Gasteiger partial charge on any atom is 0.573 e. The summed E-state index contributed by atoms with van der Waals surface area (Å²) in [7, 11) is 0. The fraction of sp³-hybridized carbons (Fsp3) is 0.312. The zero-order chi connectivity index (χ0) is 32.1. The number of amides is 1. The van der Waals surface area contributed by atoms with E-state index in [1.165, 1.54) is 47.0 Å². The number of aliphatic hydroxyl groups is 1. The molecule has 236 valence electrons. The standard InChI is InChI=1S/C32H33F3N6O3S/c1-20(2)26-14-9-21(3)16-27(26)41-28(42)18-45-31(41)38-30(43)36-15-5-7-22-6-4-8-23(17-22)29-37-19-40(39-29)24-10-12-25(13-11-24)44-32(33,34)35/h4,6,8-14,16-17,19-20,30,36,43H,5,7,15,18H2,1-3H3. The van der Waals surface area contributed by atoms with Crippen molar-refractivity contribution in [1.82, 2.24) is 20.1 Å². The van der Waals surface area contributed by atoms with Crippen molar-refractivity contribution < 1.29 is 27.8 Å². The van der Waals surface area contributed by atoms with Crippen LogP contribution in [0.2, 0.25) is 0 Å². The van der Waals surface area contributed by atoms with Crippen molar-refractivity contribution in [3.8, 4) is 22.8 Å². The molecule has 1 aliphatic rings. The Morgan fingerprint density at radius 3 is 2.62 bits per heavy atom. The molecule has 1 aromatic heterocycles. The van der Waals surface area contributed by atoms with E-state index in [2.05, 4.69) is 39.0 Å². The van der Waals surface area contributed by atoms with Crippen molar-refractivity contribution in [3.05, 3.63) is 89.7 Å². The van der Waals surface area contributed by atoms with Crippen LogP contribution >= 0.6 is 11.8 Å². The van der Waals surface area contributed by atoms with E-state index in [-0.39, 0.29) is 23.3 Å². The van der Waals surface area contributed by atoms with E-state index in [0.29, 0.717) is 36.1 Å². The minimum atomic E-state index is -4.75. The van der Waals surface area contributed by atoms with Crippen LogP contribution in [-0.4, -0.2) is 56.0 Å². The first kappa shape index (κ1) is 32.2. The number of carbonyl (C=O) groups is 1. The summed E-state index contributed by atoms with van der Waals surface area (Å²) in [4.78, 5) is 23.2. The number of aliphatic hydroxyl groups excluding tert-OH is 1. The molecule has 2 heterocycles. The SMILES string of the molecule is Cc1ccc(C(C)C)c(N2C(=O)CSC2=NC(O)NCCCc2cccc(-c3ncn(-c4ccc(OC(F)(F)F)cc4)n3)c2)c1. The summed E-state index contributed by atoms with van der Waals surface area (Å²) in [5.74, 6) is 0.579. The van der Waals surface area contributed by atoms with E-state index in [1.54, 1.807) is 4.90 Å². The van der Waals surface area contributed by atoms with E-state index >= 15 is 0 Å². The third-order valence-electron chi connectivity index (χ3n) is 7.03. The van der Waals surface area contributed by atoms with Gasteiger partial charge in [0.25, 0.3) is 0 Å². The highest BCUT2D eigenvalue weighted by Crippen LogP contribution is 2.34. The van der Waals surface area contributed by atoms with Crippen LogP contribution < -0.4 is 15.0 Å². The Morgan fingerprint density at radius 2 is 1.89 bits per heavy atom. The number of nitrogens with one attached hydrogen (secondary N) is 1. The molecule has 2 N–H and O–H groups in total. The molecule has 3 aromatic carbocycles. The van der Waals surface area contributed by atoms with Gasteiger partial charge in [-0.1, -0.05) is 55.9 Å². The van der Waals surface area contributed by atoms with Crippen molar-refractivity contribution >= 4 is 28.5 Å². The van der Waals surface area contributed by atoms with Crippen molar-refractivity contribution in [3.63, 3.8) is 0 Å². The van der Waals surface area contributed by atoms with Crippen LogP contribution in [0.1, 0.15) is 42.9 Å². The molecule has 1 fully saturated rings. The van der Waals surface area contributed by atoms with Crippen LogP contribution in [0.25, 0.3) is 17.1 Å². The lowest BCUT2D eigenvalue weighted by molar-refractivity contribution is -0.274. The number of amidine groups is 1. The minimum absolute atomic E-state index is 0.0638. The van der Waals surface area contributed by atoms with Crippen LogP contribution in [0.4, 0.5) is 18.9 Å². The zero-order valence-electron chi connectivity index (χ0n) is 25.0. The monoisotopic (exact) mass is 638 g/mol. The molecule has 0 aliphatic carbocycles. The highest BCUT2D eigenvalue weighted by atomic mass is 32.2. The number of rotatable bonds is 11. The molecule has 13 heteroatoms. The summed E-state index contributed by atoms with van der Waals surface area (Å²) >= 11 is 1.31. The third-order valence-corrected chi connectivity index (χ3v) is 7.97. The van der Waals surface area contributed by atoms with Gasteiger partial charge in [-0.15, -0.1) is 18.3 Å². The molecule has 0 spiro atoms. The second kappa shape index (κ2) is 13.8. The first-order valence-corrected chi connectivity index (χ1v) is 15.4. The lowest BCUT2D eigenvalue weighted by Crippen LogP contribution is -2.34. The Morgan fingerprint density at radius 1 is 1.11 bits per heavy atom. The number of hydrogen-bond donors (Lipinski definition) is 2. The van der Waals surface area contributed by atoms with Crippen LogP contribution in [0.5, 0.6) is 5.75 Å². The van der Waals surface area contributed by atoms with Gasteiger partial charge < -0.3 is 9.84 Å². The van der Waals surface area contributed by atoms with Crippen LogP contribution in [0, 0.1) is 6.92 Å². The lowest BCUT2D eigenvalue weighted by Gasteiger charge is -2.23. The molecule has 45 heavy (non-hydrogen) atoms. The van der Waals surface area contributed by atoms with E-state index in [0.717, 1.165) is 27.9 Å². The number of benzene rings is 3. The number of thioether (sulfide) groups is 1. The number of alkyl halides is 3. The first-order chi connectivity index (χ1) is 21.5. The van der Waals surface area contributed by atoms with Crippen molar-refractivity contribution in [2.75, 3.05) is 17.2 Å². The van der Waals surface area contributed by atoms with Gasteiger partial charge in [0.05, 0.1) is 17.1 Å². The number of aliphatic imine (C=N–C) groups is 1. The molecule has 5 rings (SSSR count). The van der Waals surface area contributed by atoms with Crippen LogP contribution in [0.15, 0.2) is 78.0 Å². The number of ether oxygens (including phenoxy) is 1. The number of hydrogen-bond acceptors (Lipinski definition) is 8. The third kappa shape index (κ3) is 8.29. The largest absolute Gasteiger partial charge is 0.573 e. The molecule has 1 amide bonds. The number of nitrogens with zero attached hydrogens (tertiary/aromatic N) is 5. The molecular weight excluding hydrogens is 605 g/mol. The Balaban J connectivity index is 1.16. The molecule has 9 nitrogen and oxygen atoms in total. The topological polar surface area (TPSA) is 105 Å². The Hall–Kier alpha value is -4.20. The molecule has 4 aromatic rings. The van der Waals surface area contributed by atoms with Gasteiger partial charge >= 0.3 is 6.36 Å². The lowest BCUT2D eigenvalue weighted by atomic mass is 9.99. The molecule has 1 unspecified atom stereocenters. The highest BCUT2D eigenvalue weighted by Gasteiger charge is 2.32. The second-order valence-corrected chi connectivity index (χ2v) is 11.8. The second-order valence-electron chi connectivity index (χ2n) is 10.8. The predicted octanol–water partition coefficient (Wildman–Crippen LogP) is 6.20. The zero-order valence-corrected chi connectivity index (χ0v) is 25.8. The molecular formula is C32H33F3N6O3S. The first-order valence-electron chi connectivity index (χ1n) is 14.4. The van der Waals surface area contributed by atoms with Gasteiger partial charge in [0.1, 0.15) is 12.1 Å². The quantitative estimate of drug-likeness (QED) is 0.149. The summed E-state index contributed by atoms with van der Waals surface area (Å²) in [6.45, 7) is 6.63. The van der Waals surface area contributed by atoms with Gasteiger partial charge in [-0.05, 0) is 85.3 Å². The van der Waals surface area contributed by atoms with Gasteiger partial charge in [-0.25, -0.2) is 14.7 Å². The van der Waals surface area contributed by atoms with Gasteiger partial charge in [-0.3, -0.25) is 15.0 Å². The van der Waals surface area contributed by atoms with Gasteiger partial charge in [-0.2, -0.15) is 0 Å². The number of halogens is 3. The molecule has 0 radical (unpaired) electrons. The average molecular weight is 639 g/mol. The summed E-state index contributed by atoms with van der Waals surface area (Å²) in [5, 5.41) is 18.6. The van der Waals surface area contributed by atoms with E-state index < -0.39 is 12.7 Å². The Labute approximate surface area is 263 Å². The van der Waals surface area contributed by atoms with Crippen LogP contribution in [-0.2, 0) is 11.2 Å². The maximum atomic E-state index is 12.8. The number of anilines is 1. The molecule has 0 bridgehead atoms. The van der Waals surface area contributed by atoms with E-state index in [1.807, 2.05) is 49.4 Å². The number of carbonyl (C=O) groups excluding carboxylic acids is 1. The van der Waals surface area contributed by atoms with Gasteiger partial charge in [0.2, 0.25) is 12.3 Å². The fourth-order valence-electron chi connectivity index (χ4n) is 4.89. The smallest absolute Gasteiger partial charge is 0.406 e. The fourth-order valence-corrected chi connectivity index (χ4v) is 5.78. The van der Waals surface area contributed by atoms with Gasteiger partial charge in [0, 0.05) is 5.56 Å². The molecule has 1 atom stereocenters. The van der Waals surface area contributed by atoms with Gasteiger partial charge in [0.15, 0.2) is 11.0 Å². The molecule has 1 saturated heterocycles. The normalized spacial score (nSPS) is 15.3. The van der Waals surface area contributed by atoms with Crippen LogP contribution in [0.3, 0.4) is 0 Å². The summed E-state index contributed by atoms with van der Waals surface area (Å²) in [6.07, 6.45) is -3.00. The number of aromatic nitrogens is 3. The molecule has 0 saturated carbocycles. The van der Waals surface area contributed by atoms with Crippen molar-refractivity contribution in [1.29, 1.82) is 0 Å². The Kier molecular flexibility index (Phi) is 9.90. The minimum Gasteiger partial charge on any atom is -0.406 e. The summed E-state index contributed by atoms with van der Waals surface area (Å²) in [5.41, 5.74) is 5.27. The summed E-state index contributed by atoms with van der Waals surface area (Å²) < 4.78 is 42.7. The highest BCUT2D eigenvalue weighted by molar-refractivity contribution is 8.15. The Bertz CT molecular complexity index is 1670. The van der Waals surface area contributed by atoms with E-state index in [9.17, 15) is 23.1 Å². The maximum absolute atomic E-state index is 12.8. The predicted molar refractivity (Wildman–Crippen MR) is 168 cm³/mol. The van der Waals surface area contributed by atoms with Crippen molar-refractivity contribution in [2.45, 2.75) is 52.2 Å². The summed E-state index contributed by atoms with van der Waals surface area (Å²) in [6, 6.07) is 19.2. The van der Waals surface area contributed by atoms with Crippen molar-refractivity contribution in [2.24, 2.45) is 4.99 Å².